The van der Waals surface area contributed by atoms with Crippen LogP contribution in [0, 0.1) is 5.92 Å². The molecule has 1 aliphatic carbocycles. The molecule has 98 valence electrons. The molecule has 2 aliphatic rings. The van der Waals surface area contributed by atoms with Crippen LogP contribution in [0.5, 0.6) is 5.75 Å². The van der Waals surface area contributed by atoms with Crippen LogP contribution >= 0.6 is 0 Å². The van der Waals surface area contributed by atoms with Crippen molar-refractivity contribution in [2.24, 2.45) is 11.7 Å². The summed E-state index contributed by atoms with van der Waals surface area (Å²) in [6.07, 6.45) is 4.08. The first kappa shape index (κ1) is 12.0. The van der Waals surface area contributed by atoms with Crippen molar-refractivity contribution in [1.29, 1.82) is 0 Å². The van der Waals surface area contributed by atoms with Crippen molar-refractivity contribution in [3.63, 3.8) is 0 Å². The number of hydrogen-bond acceptors (Lipinski definition) is 3. The highest BCUT2D eigenvalue weighted by molar-refractivity contribution is 5.30. The molecule has 18 heavy (non-hydrogen) atoms. The van der Waals surface area contributed by atoms with Crippen molar-refractivity contribution in [2.45, 2.75) is 31.4 Å². The third kappa shape index (κ3) is 2.52. The van der Waals surface area contributed by atoms with Gasteiger partial charge in [-0.3, -0.25) is 4.90 Å². The van der Waals surface area contributed by atoms with Crippen molar-refractivity contribution in [2.75, 3.05) is 20.1 Å². The number of benzene rings is 1. The lowest BCUT2D eigenvalue weighted by atomic mass is 10.00. The van der Waals surface area contributed by atoms with Crippen molar-refractivity contribution in [1.82, 2.24) is 4.90 Å². The molecule has 1 aromatic rings. The minimum Gasteiger partial charge on any atom is -0.490 e. The first-order valence-electron chi connectivity index (χ1n) is 6.93. The summed E-state index contributed by atoms with van der Waals surface area (Å²) in [6, 6.07) is 9.15. The number of nitrogens with two attached hydrogens (primary N) is 1. The molecule has 0 spiro atoms. The summed E-state index contributed by atoms with van der Waals surface area (Å²) in [6.45, 7) is 1.91. The molecule has 1 saturated carbocycles. The van der Waals surface area contributed by atoms with E-state index in [0.717, 1.165) is 18.8 Å². The summed E-state index contributed by atoms with van der Waals surface area (Å²) >= 11 is 0. The Morgan fingerprint density at radius 2 is 2.00 bits per heavy atom. The summed E-state index contributed by atoms with van der Waals surface area (Å²) < 4.78 is 5.78. The van der Waals surface area contributed by atoms with Gasteiger partial charge < -0.3 is 10.5 Å². The van der Waals surface area contributed by atoms with Gasteiger partial charge in [-0.15, -0.1) is 0 Å². The fraction of sp³-hybridized carbons (Fsp3) is 0.600. The Bertz CT molecular complexity index is 399. The largest absolute Gasteiger partial charge is 0.490 e. The standard InChI is InChI=1S/C15H22N2O/c1-17-10-11(9-16)8-15(17)12-2-4-13(5-3-12)18-14-6-7-14/h2-5,11,14-15H,6-10,16H2,1H3. The van der Waals surface area contributed by atoms with E-state index < -0.39 is 0 Å². The Morgan fingerprint density at radius 1 is 1.28 bits per heavy atom. The summed E-state index contributed by atoms with van der Waals surface area (Å²) in [5.74, 6) is 1.65. The van der Waals surface area contributed by atoms with Gasteiger partial charge in [-0.05, 0) is 56.5 Å². The fourth-order valence-electron chi connectivity index (χ4n) is 2.81. The molecule has 2 unspecified atom stereocenters. The van der Waals surface area contributed by atoms with Gasteiger partial charge in [0.25, 0.3) is 0 Å². The summed E-state index contributed by atoms with van der Waals surface area (Å²) in [5.41, 5.74) is 7.16. The molecule has 0 aromatic heterocycles. The Hall–Kier alpha value is -1.06. The topological polar surface area (TPSA) is 38.5 Å². The highest BCUT2D eigenvalue weighted by Gasteiger charge is 2.29. The lowest BCUT2D eigenvalue weighted by Gasteiger charge is -2.19. The highest BCUT2D eigenvalue weighted by atomic mass is 16.5. The molecule has 1 heterocycles. The number of hydrogen-bond donors (Lipinski definition) is 1. The van der Waals surface area contributed by atoms with E-state index >= 15 is 0 Å². The van der Waals surface area contributed by atoms with Gasteiger partial charge in [0.05, 0.1) is 6.10 Å². The molecule has 1 aliphatic heterocycles. The second-order valence-corrected chi connectivity index (χ2v) is 5.68. The zero-order valence-corrected chi connectivity index (χ0v) is 11.0. The molecule has 3 heteroatoms. The summed E-state index contributed by atoms with van der Waals surface area (Å²) in [7, 11) is 2.19. The zero-order valence-electron chi connectivity index (χ0n) is 11.0. The monoisotopic (exact) mass is 246 g/mol. The van der Waals surface area contributed by atoms with Gasteiger partial charge in [-0.25, -0.2) is 0 Å². The average Bonchev–Trinajstić information content (AvgIpc) is 3.11. The van der Waals surface area contributed by atoms with Gasteiger partial charge in [0.2, 0.25) is 0 Å². The van der Waals surface area contributed by atoms with Crippen molar-refractivity contribution >= 4 is 0 Å². The number of likely N-dealkylation sites (tertiary alicyclic amines) is 1. The van der Waals surface area contributed by atoms with E-state index in [1.165, 1.54) is 24.8 Å². The molecular formula is C15H22N2O. The molecule has 1 aromatic carbocycles. The average molecular weight is 246 g/mol. The lowest BCUT2D eigenvalue weighted by molar-refractivity contribution is 0.301. The molecule has 1 saturated heterocycles. The molecule has 2 atom stereocenters. The first-order valence-corrected chi connectivity index (χ1v) is 6.93. The van der Waals surface area contributed by atoms with Gasteiger partial charge in [0.1, 0.15) is 5.75 Å². The van der Waals surface area contributed by atoms with Crippen LogP contribution in [-0.2, 0) is 0 Å². The smallest absolute Gasteiger partial charge is 0.119 e. The molecule has 0 amide bonds. The minimum atomic E-state index is 0.478. The second kappa shape index (κ2) is 4.90. The quantitative estimate of drug-likeness (QED) is 0.885. The van der Waals surface area contributed by atoms with Crippen LogP contribution in [-0.4, -0.2) is 31.1 Å². The van der Waals surface area contributed by atoms with Gasteiger partial charge >= 0.3 is 0 Å². The maximum Gasteiger partial charge on any atom is 0.119 e. The Morgan fingerprint density at radius 3 is 2.56 bits per heavy atom. The predicted molar refractivity (Wildman–Crippen MR) is 72.6 cm³/mol. The van der Waals surface area contributed by atoms with E-state index in [0.29, 0.717) is 18.1 Å². The van der Waals surface area contributed by atoms with Crippen LogP contribution in [0.25, 0.3) is 0 Å². The molecule has 2 N–H and O–H groups in total. The molecule has 3 nitrogen and oxygen atoms in total. The molecular weight excluding hydrogens is 224 g/mol. The SMILES string of the molecule is CN1CC(CN)CC1c1ccc(OC2CC2)cc1. The predicted octanol–water partition coefficient (Wildman–Crippen LogP) is 2.18. The Balaban J connectivity index is 1.68. The Labute approximate surface area is 109 Å². The molecule has 0 bridgehead atoms. The van der Waals surface area contributed by atoms with Gasteiger partial charge in [-0.1, -0.05) is 12.1 Å². The van der Waals surface area contributed by atoms with E-state index in [1.54, 1.807) is 0 Å². The summed E-state index contributed by atoms with van der Waals surface area (Å²) in [5, 5.41) is 0. The van der Waals surface area contributed by atoms with E-state index in [9.17, 15) is 0 Å². The molecule has 2 fully saturated rings. The lowest BCUT2D eigenvalue weighted by Crippen LogP contribution is -2.20. The highest BCUT2D eigenvalue weighted by Crippen LogP contribution is 2.35. The molecule has 0 radical (unpaired) electrons. The van der Waals surface area contributed by atoms with E-state index in [4.69, 9.17) is 10.5 Å². The maximum absolute atomic E-state index is 5.78. The fourth-order valence-corrected chi connectivity index (χ4v) is 2.81. The van der Waals surface area contributed by atoms with Crippen LogP contribution in [0.4, 0.5) is 0 Å². The molecule has 3 rings (SSSR count). The van der Waals surface area contributed by atoms with Crippen LogP contribution in [0.15, 0.2) is 24.3 Å². The van der Waals surface area contributed by atoms with Crippen molar-refractivity contribution in [3.8, 4) is 5.75 Å². The van der Waals surface area contributed by atoms with E-state index in [-0.39, 0.29) is 0 Å². The van der Waals surface area contributed by atoms with Gasteiger partial charge in [0.15, 0.2) is 0 Å². The van der Waals surface area contributed by atoms with Crippen molar-refractivity contribution < 1.29 is 4.74 Å². The van der Waals surface area contributed by atoms with Crippen LogP contribution in [0.2, 0.25) is 0 Å². The number of nitrogens with zero attached hydrogens (tertiary/aromatic N) is 1. The van der Waals surface area contributed by atoms with Crippen LogP contribution in [0.3, 0.4) is 0 Å². The third-order valence-corrected chi connectivity index (χ3v) is 4.06. The zero-order chi connectivity index (χ0) is 12.5. The van der Waals surface area contributed by atoms with Gasteiger partial charge in [0, 0.05) is 12.6 Å². The Kier molecular flexibility index (Phi) is 3.27. The van der Waals surface area contributed by atoms with Crippen LogP contribution in [0.1, 0.15) is 30.9 Å². The third-order valence-electron chi connectivity index (χ3n) is 4.06. The van der Waals surface area contributed by atoms with Crippen LogP contribution < -0.4 is 10.5 Å². The summed E-state index contributed by atoms with van der Waals surface area (Å²) in [4.78, 5) is 2.41. The maximum atomic E-state index is 5.78. The second-order valence-electron chi connectivity index (χ2n) is 5.68. The minimum absolute atomic E-state index is 0.478. The number of ether oxygens (including phenoxy) is 1. The first-order chi connectivity index (χ1) is 8.76. The van der Waals surface area contributed by atoms with E-state index in [2.05, 4.69) is 36.2 Å². The van der Waals surface area contributed by atoms with E-state index in [1.807, 2.05) is 0 Å². The number of rotatable bonds is 4. The van der Waals surface area contributed by atoms with Gasteiger partial charge in [-0.2, -0.15) is 0 Å². The van der Waals surface area contributed by atoms with Crippen molar-refractivity contribution in [3.05, 3.63) is 29.8 Å². The normalized spacial score (nSPS) is 28.6.